The molecule has 0 bridgehead atoms. The molecule has 2 N–H and O–H groups in total. The minimum absolute atomic E-state index is 0.101. The van der Waals surface area contributed by atoms with Gasteiger partial charge in [-0.05, 0) is 43.7 Å². The number of ether oxygens (including phenoxy) is 1. The van der Waals surface area contributed by atoms with Crippen LogP contribution in [0, 0.1) is 0 Å². The van der Waals surface area contributed by atoms with Gasteiger partial charge in [0.2, 0.25) is 10.0 Å². The molecule has 0 aromatic heterocycles. The third-order valence-corrected chi connectivity index (χ3v) is 3.81. The van der Waals surface area contributed by atoms with E-state index >= 15 is 0 Å². The first kappa shape index (κ1) is 18.8. The number of nitrogens with one attached hydrogen (secondary N) is 2. The smallest absolute Gasteiger partial charge is 0.253 e. The van der Waals surface area contributed by atoms with E-state index in [-0.39, 0.29) is 23.3 Å². The maximum absolute atomic E-state index is 12.4. The number of benzene rings is 2. The first-order valence-electron chi connectivity index (χ1n) is 7.85. The average Bonchev–Trinajstić information content (AvgIpc) is 2.52. The van der Waals surface area contributed by atoms with E-state index < -0.39 is 10.0 Å². The molecule has 0 saturated heterocycles. The van der Waals surface area contributed by atoms with E-state index in [1.54, 1.807) is 24.3 Å². The van der Waals surface area contributed by atoms with Crippen LogP contribution in [-0.4, -0.2) is 26.7 Å². The fraction of sp³-hybridized carbons (Fsp3) is 0.278. The Morgan fingerprint density at radius 1 is 1.08 bits per heavy atom. The molecule has 0 aliphatic heterocycles. The molecule has 1 amide bonds. The third kappa shape index (κ3) is 6.11. The molecule has 0 aliphatic rings. The Labute approximate surface area is 148 Å². The quantitative estimate of drug-likeness (QED) is 0.793. The van der Waals surface area contributed by atoms with Crippen molar-refractivity contribution in [2.45, 2.75) is 26.5 Å². The first-order chi connectivity index (χ1) is 11.7. The lowest BCUT2D eigenvalue weighted by molar-refractivity contribution is 0.0952. The van der Waals surface area contributed by atoms with Gasteiger partial charge in [-0.3, -0.25) is 9.52 Å². The third-order valence-electron chi connectivity index (χ3n) is 3.22. The van der Waals surface area contributed by atoms with Gasteiger partial charge in [-0.25, -0.2) is 8.42 Å². The molecule has 7 heteroatoms. The fourth-order valence-corrected chi connectivity index (χ4v) is 2.78. The second-order valence-electron chi connectivity index (χ2n) is 5.91. The van der Waals surface area contributed by atoms with Crippen molar-refractivity contribution in [2.75, 3.05) is 11.0 Å². The lowest BCUT2D eigenvalue weighted by Crippen LogP contribution is -2.24. The van der Waals surface area contributed by atoms with Crippen LogP contribution in [0.3, 0.4) is 0 Å². The summed E-state index contributed by atoms with van der Waals surface area (Å²) in [6.45, 7) is 4.24. The summed E-state index contributed by atoms with van der Waals surface area (Å²) >= 11 is 0. The zero-order valence-corrected chi connectivity index (χ0v) is 15.3. The minimum atomic E-state index is -3.46. The monoisotopic (exact) mass is 362 g/mol. The van der Waals surface area contributed by atoms with Crippen molar-refractivity contribution in [3.63, 3.8) is 0 Å². The molecule has 0 heterocycles. The summed E-state index contributed by atoms with van der Waals surface area (Å²) in [5.41, 5.74) is 1.44. The SMILES string of the molecule is CC(C)Oc1ccc(CNC(=O)c2ccccc2NS(C)(=O)=O)cc1. The predicted octanol–water partition coefficient (Wildman–Crippen LogP) is 2.78. The summed E-state index contributed by atoms with van der Waals surface area (Å²) in [6, 6.07) is 13.9. The molecule has 25 heavy (non-hydrogen) atoms. The topological polar surface area (TPSA) is 84.5 Å². The molecule has 134 valence electrons. The lowest BCUT2D eigenvalue weighted by atomic mass is 10.1. The second-order valence-corrected chi connectivity index (χ2v) is 7.66. The van der Waals surface area contributed by atoms with Gasteiger partial charge < -0.3 is 10.1 Å². The number of carbonyl (C=O) groups is 1. The molecular formula is C18H22N2O4S. The Morgan fingerprint density at radius 3 is 2.32 bits per heavy atom. The zero-order valence-electron chi connectivity index (χ0n) is 14.4. The molecule has 0 radical (unpaired) electrons. The van der Waals surface area contributed by atoms with E-state index in [1.807, 2.05) is 38.1 Å². The van der Waals surface area contributed by atoms with Crippen molar-refractivity contribution in [1.29, 1.82) is 0 Å². The van der Waals surface area contributed by atoms with E-state index in [4.69, 9.17) is 4.74 Å². The van der Waals surface area contributed by atoms with Crippen molar-refractivity contribution in [1.82, 2.24) is 5.32 Å². The van der Waals surface area contributed by atoms with Gasteiger partial charge in [0.05, 0.1) is 23.6 Å². The number of hydrogen-bond donors (Lipinski definition) is 2. The Bertz CT molecular complexity index is 830. The molecule has 0 spiro atoms. The number of anilines is 1. The summed E-state index contributed by atoms with van der Waals surface area (Å²) in [5.74, 6) is 0.419. The van der Waals surface area contributed by atoms with Gasteiger partial charge in [0.1, 0.15) is 5.75 Å². The van der Waals surface area contributed by atoms with Crippen LogP contribution in [0.15, 0.2) is 48.5 Å². The first-order valence-corrected chi connectivity index (χ1v) is 9.74. The van der Waals surface area contributed by atoms with Crippen LogP contribution in [0.4, 0.5) is 5.69 Å². The Balaban J connectivity index is 2.03. The van der Waals surface area contributed by atoms with Gasteiger partial charge in [-0.15, -0.1) is 0 Å². The van der Waals surface area contributed by atoms with Crippen molar-refractivity contribution in [3.05, 3.63) is 59.7 Å². The van der Waals surface area contributed by atoms with Crippen LogP contribution in [0.1, 0.15) is 29.8 Å². The molecule has 0 fully saturated rings. The summed E-state index contributed by atoms with van der Waals surface area (Å²) in [5, 5.41) is 2.79. The predicted molar refractivity (Wildman–Crippen MR) is 98.3 cm³/mol. The van der Waals surface area contributed by atoms with E-state index in [2.05, 4.69) is 10.0 Å². The number of rotatable bonds is 7. The van der Waals surface area contributed by atoms with Crippen molar-refractivity contribution < 1.29 is 17.9 Å². The van der Waals surface area contributed by atoms with Gasteiger partial charge in [-0.1, -0.05) is 24.3 Å². The summed E-state index contributed by atoms with van der Waals surface area (Å²) in [4.78, 5) is 12.4. The maximum atomic E-state index is 12.4. The standard InChI is InChI=1S/C18H22N2O4S/c1-13(2)24-15-10-8-14(9-11-15)12-19-18(21)16-6-4-5-7-17(16)20-25(3,22)23/h4-11,13,20H,12H2,1-3H3,(H,19,21). The summed E-state index contributed by atoms with van der Waals surface area (Å²) < 4.78 is 30.7. The van der Waals surface area contributed by atoms with Gasteiger partial charge in [0.15, 0.2) is 0 Å². The number of hydrogen-bond acceptors (Lipinski definition) is 4. The normalized spacial score (nSPS) is 11.2. The fourth-order valence-electron chi connectivity index (χ4n) is 2.21. The number of carbonyl (C=O) groups excluding carboxylic acids is 1. The van der Waals surface area contributed by atoms with Crippen molar-refractivity contribution in [3.8, 4) is 5.75 Å². The van der Waals surface area contributed by atoms with E-state index in [1.165, 1.54) is 0 Å². The minimum Gasteiger partial charge on any atom is -0.491 e. The van der Waals surface area contributed by atoms with Crippen LogP contribution in [-0.2, 0) is 16.6 Å². The summed E-state index contributed by atoms with van der Waals surface area (Å²) in [6.07, 6.45) is 1.15. The number of sulfonamides is 1. The molecule has 2 rings (SSSR count). The Hall–Kier alpha value is -2.54. The van der Waals surface area contributed by atoms with Crippen LogP contribution >= 0.6 is 0 Å². The van der Waals surface area contributed by atoms with Gasteiger partial charge >= 0.3 is 0 Å². The van der Waals surface area contributed by atoms with Crippen LogP contribution in [0.25, 0.3) is 0 Å². The van der Waals surface area contributed by atoms with E-state index in [9.17, 15) is 13.2 Å². The van der Waals surface area contributed by atoms with E-state index in [0.717, 1.165) is 17.6 Å². The second kappa shape index (κ2) is 8.02. The van der Waals surface area contributed by atoms with Gasteiger partial charge in [-0.2, -0.15) is 0 Å². The highest BCUT2D eigenvalue weighted by molar-refractivity contribution is 7.92. The lowest BCUT2D eigenvalue weighted by Gasteiger charge is -2.12. The highest BCUT2D eigenvalue weighted by atomic mass is 32.2. The van der Waals surface area contributed by atoms with Crippen molar-refractivity contribution in [2.24, 2.45) is 0 Å². The molecule has 0 unspecified atom stereocenters. The molecule has 2 aromatic carbocycles. The highest BCUT2D eigenvalue weighted by Gasteiger charge is 2.13. The molecule has 0 atom stereocenters. The van der Waals surface area contributed by atoms with E-state index in [0.29, 0.717) is 6.54 Å². The highest BCUT2D eigenvalue weighted by Crippen LogP contribution is 2.17. The molecule has 0 aliphatic carbocycles. The van der Waals surface area contributed by atoms with Crippen molar-refractivity contribution >= 4 is 21.6 Å². The van der Waals surface area contributed by atoms with Crippen LogP contribution < -0.4 is 14.8 Å². The Kier molecular flexibility index (Phi) is 6.03. The Morgan fingerprint density at radius 2 is 1.72 bits per heavy atom. The van der Waals surface area contributed by atoms with Crippen LogP contribution in [0.5, 0.6) is 5.75 Å². The van der Waals surface area contributed by atoms with Gasteiger partial charge in [0, 0.05) is 6.54 Å². The van der Waals surface area contributed by atoms with Crippen LogP contribution in [0.2, 0.25) is 0 Å². The molecule has 2 aromatic rings. The number of para-hydroxylation sites is 1. The maximum Gasteiger partial charge on any atom is 0.253 e. The van der Waals surface area contributed by atoms with Gasteiger partial charge in [0.25, 0.3) is 5.91 Å². The zero-order chi connectivity index (χ0) is 18.4. The largest absolute Gasteiger partial charge is 0.491 e. The average molecular weight is 362 g/mol. The molecule has 6 nitrogen and oxygen atoms in total. The molecular weight excluding hydrogens is 340 g/mol. The summed E-state index contributed by atoms with van der Waals surface area (Å²) in [7, 11) is -3.46. The molecule has 0 saturated carbocycles. The number of amides is 1.